The number of thiazole rings is 1. The van der Waals surface area contributed by atoms with E-state index in [-0.39, 0.29) is 0 Å². The number of fused-ring (bicyclic) bond motifs is 1. The lowest BCUT2D eigenvalue weighted by molar-refractivity contribution is 0.174. The van der Waals surface area contributed by atoms with Crippen LogP contribution in [0.5, 0.6) is 11.5 Å². The summed E-state index contributed by atoms with van der Waals surface area (Å²) in [5.41, 5.74) is 1.05. The van der Waals surface area contributed by atoms with Crippen molar-refractivity contribution in [3.8, 4) is 11.5 Å². The van der Waals surface area contributed by atoms with Gasteiger partial charge in [0.1, 0.15) is 0 Å². The van der Waals surface area contributed by atoms with Crippen molar-refractivity contribution >= 4 is 28.8 Å². The molecule has 0 unspecified atom stereocenters. The summed E-state index contributed by atoms with van der Waals surface area (Å²) in [7, 11) is 0. The number of aromatic nitrogens is 1. The van der Waals surface area contributed by atoms with Crippen LogP contribution in [0.2, 0.25) is 0 Å². The normalized spacial score (nSPS) is 13.8. The number of hydrogen-bond donors (Lipinski definition) is 0. The largest absolute Gasteiger partial charge is 0.454 e. The number of aliphatic imine (C=N–C) groups is 1. The fourth-order valence-electron chi connectivity index (χ4n) is 1.56. The van der Waals surface area contributed by atoms with Gasteiger partial charge in [0.25, 0.3) is 0 Å². The van der Waals surface area contributed by atoms with Gasteiger partial charge in [0.2, 0.25) is 11.9 Å². The Morgan fingerprint density at radius 2 is 2.22 bits per heavy atom. The summed E-state index contributed by atoms with van der Waals surface area (Å²) in [4.78, 5) is 8.25. The van der Waals surface area contributed by atoms with Crippen molar-refractivity contribution in [2.45, 2.75) is 0 Å². The molecule has 0 saturated carbocycles. The molecule has 0 atom stereocenters. The van der Waals surface area contributed by atoms with Crippen LogP contribution in [0.3, 0.4) is 0 Å². The van der Waals surface area contributed by atoms with Crippen LogP contribution in [0.25, 0.3) is 6.08 Å². The molecule has 0 aliphatic carbocycles. The SMILES string of the molecule is C(/C=C/c1ccc2c(c1)OCO2)=Nc1nccs1. The van der Waals surface area contributed by atoms with E-state index in [4.69, 9.17) is 9.47 Å². The Morgan fingerprint density at radius 3 is 3.11 bits per heavy atom. The van der Waals surface area contributed by atoms with Crippen molar-refractivity contribution in [3.63, 3.8) is 0 Å². The maximum Gasteiger partial charge on any atom is 0.231 e. The fraction of sp³-hybridized carbons (Fsp3) is 0.0769. The first-order valence-corrected chi connectivity index (χ1v) is 6.30. The highest BCUT2D eigenvalue weighted by atomic mass is 32.1. The van der Waals surface area contributed by atoms with Crippen LogP contribution >= 0.6 is 11.3 Å². The minimum atomic E-state index is 0.300. The van der Waals surface area contributed by atoms with Gasteiger partial charge in [-0.2, -0.15) is 0 Å². The van der Waals surface area contributed by atoms with Crippen molar-refractivity contribution in [3.05, 3.63) is 41.4 Å². The number of rotatable bonds is 3. The van der Waals surface area contributed by atoms with Crippen LogP contribution in [0.1, 0.15) is 5.56 Å². The second-order valence-corrected chi connectivity index (χ2v) is 4.44. The Labute approximate surface area is 108 Å². The van der Waals surface area contributed by atoms with Crippen LogP contribution in [0.4, 0.5) is 5.13 Å². The number of ether oxygens (including phenoxy) is 2. The third kappa shape index (κ3) is 2.41. The number of nitrogens with zero attached hydrogens (tertiary/aromatic N) is 2. The topological polar surface area (TPSA) is 43.7 Å². The average molecular weight is 258 g/mol. The summed E-state index contributed by atoms with van der Waals surface area (Å²) in [6.45, 7) is 0.300. The Morgan fingerprint density at radius 1 is 1.28 bits per heavy atom. The zero-order valence-corrected chi connectivity index (χ0v) is 10.3. The number of allylic oxidation sites excluding steroid dienone is 1. The van der Waals surface area contributed by atoms with Crippen molar-refractivity contribution < 1.29 is 9.47 Å². The first kappa shape index (κ1) is 11.0. The van der Waals surface area contributed by atoms with Crippen LogP contribution in [-0.4, -0.2) is 18.0 Å². The summed E-state index contributed by atoms with van der Waals surface area (Å²) in [5.74, 6) is 1.58. The predicted octanol–water partition coefficient (Wildman–Crippen LogP) is 3.29. The molecule has 4 nitrogen and oxygen atoms in total. The highest BCUT2D eigenvalue weighted by Gasteiger charge is 2.11. The first-order chi connectivity index (χ1) is 8.92. The average Bonchev–Trinajstić information content (AvgIpc) is 3.05. The highest BCUT2D eigenvalue weighted by Crippen LogP contribution is 2.32. The minimum absolute atomic E-state index is 0.300. The summed E-state index contributed by atoms with van der Waals surface area (Å²) < 4.78 is 10.6. The van der Waals surface area contributed by atoms with Gasteiger partial charge in [0, 0.05) is 17.8 Å². The van der Waals surface area contributed by atoms with E-state index in [9.17, 15) is 0 Å². The monoisotopic (exact) mass is 258 g/mol. The van der Waals surface area contributed by atoms with Gasteiger partial charge >= 0.3 is 0 Å². The Balaban J connectivity index is 1.69. The van der Waals surface area contributed by atoms with Crippen LogP contribution in [0, 0.1) is 0 Å². The van der Waals surface area contributed by atoms with Crippen molar-refractivity contribution in [2.24, 2.45) is 4.99 Å². The first-order valence-electron chi connectivity index (χ1n) is 5.42. The van der Waals surface area contributed by atoms with E-state index in [0.717, 1.165) is 22.2 Å². The van der Waals surface area contributed by atoms with E-state index in [2.05, 4.69) is 9.98 Å². The van der Waals surface area contributed by atoms with Gasteiger partial charge in [-0.05, 0) is 23.8 Å². The maximum atomic E-state index is 5.31. The molecule has 2 aromatic rings. The lowest BCUT2D eigenvalue weighted by Gasteiger charge is -1.96. The molecule has 1 aliphatic heterocycles. The molecule has 0 N–H and O–H groups in total. The Hall–Kier alpha value is -2.14. The van der Waals surface area contributed by atoms with Gasteiger partial charge in [-0.15, -0.1) is 11.3 Å². The van der Waals surface area contributed by atoms with Gasteiger partial charge in [0.15, 0.2) is 11.5 Å². The van der Waals surface area contributed by atoms with Crippen LogP contribution in [-0.2, 0) is 0 Å². The third-order valence-corrected chi connectivity index (χ3v) is 3.06. The molecular weight excluding hydrogens is 248 g/mol. The summed E-state index contributed by atoms with van der Waals surface area (Å²) in [6.07, 6.45) is 7.29. The van der Waals surface area contributed by atoms with Gasteiger partial charge in [-0.1, -0.05) is 12.1 Å². The molecule has 0 fully saturated rings. The molecule has 90 valence electrons. The molecule has 2 heterocycles. The van der Waals surface area contributed by atoms with Gasteiger partial charge in [-0.3, -0.25) is 0 Å². The molecule has 3 rings (SSSR count). The molecular formula is C13H10N2O2S. The Kier molecular flexibility index (Phi) is 3.06. The molecule has 0 bridgehead atoms. The molecule has 1 aliphatic rings. The molecule has 18 heavy (non-hydrogen) atoms. The summed E-state index contributed by atoms with van der Waals surface area (Å²) in [6, 6.07) is 5.82. The van der Waals surface area contributed by atoms with Crippen molar-refractivity contribution in [1.82, 2.24) is 4.98 Å². The highest BCUT2D eigenvalue weighted by molar-refractivity contribution is 7.13. The minimum Gasteiger partial charge on any atom is -0.454 e. The fourth-order valence-corrected chi connectivity index (χ4v) is 2.04. The smallest absolute Gasteiger partial charge is 0.231 e. The lowest BCUT2D eigenvalue weighted by Crippen LogP contribution is -1.92. The number of hydrogen-bond acceptors (Lipinski definition) is 5. The molecule has 1 aromatic heterocycles. The summed E-state index contributed by atoms with van der Waals surface area (Å²) >= 11 is 1.51. The van der Waals surface area contributed by atoms with E-state index in [1.54, 1.807) is 12.4 Å². The Bertz CT molecular complexity index is 591. The van der Waals surface area contributed by atoms with E-state index < -0.39 is 0 Å². The number of benzene rings is 1. The van der Waals surface area contributed by atoms with Crippen LogP contribution in [0.15, 0.2) is 40.8 Å². The maximum absolute atomic E-state index is 5.31. The standard InChI is InChI=1S/C13H10N2O2S/c1(5-14-13-15-6-7-18-13)2-10-3-4-11-12(8-10)17-9-16-11/h1-8H,9H2/b2-1+,14-5?. The van der Waals surface area contributed by atoms with E-state index in [1.165, 1.54) is 11.3 Å². The second kappa shape index (κ2) is 5.01. The van der Waals surface area contributed by atoms with E-state index >= 15 is 0 Å². The lowest BCUT2D eigenvalue weighted by atomic mass is 10.2. The van der Waals surface area contributed by atoms with E-state index in [1.807, 2.05) is 35.7 Å². The quantitative estimate of drug-likeness (QED) is 0.793. The molecule has 0 spiro atoms. The van der Waals surface area contributed by atoms with Gasteiger partial charge in [-0.25, -0.2) is 9.98 Å². The second-order valence-electron chi connectivity index (χ2n) is 3.56. The molecule has 5 heteroatoms. The van der Waals surface area contributed by atoms with Crippen molar-refractivity contribution in [2.75, 3.05) is 6.79 Å². The van der Waals surface area contributed by atoms with Crippen LogP contribution < -0.4 is 9.47 Å². The zero-order chi connectivity index (χ0) is 12.2. The van der Waals surface area contributed by atoms with Gasteiger partial charge < -0.3 is 9.47 Å². The molecule has 1 aromatic carbocycles. The molecule has 0 saturated heterocycles. The third-order valence-electron chi connectivity index (χ3n) is 2.38. The molecule has 0 amide bonds. The molecule has 0 radical (unpaired) electrons. The van der Waals surface area contributed by atoms with E-state index in [0.29, 0.717) is 6.79 Å². The predicted molar refractivity (Wildman–Crippen MR) is 71.9 cm³/mol. The zero-order valence-electron chi connectivity index (χ0n) is 9.45. The van der Waals surface area contributed by atoms with Gasteiger partial charge in [0.05, 0.1) is 0 Å². The van der Waals surface area contributed by atoms with Crippen molar-refractivity contribution in [1.29, 1.82) is 0 Å². The summed E-state index contributed by atoms with van der Waals surface area (Å²) in [5, 5.41) is 2.65.